The van der Waals surface area contributed by atoms with Gasteiger partial charge in [-0.3, -0.25) is 4.57 Å². The third kappa shape index (κ3) is 2.16. The van der Waals surface area contributed by atoms with Gasteiger partial charge in [0.05, 0.1) is 0 Å². The van der Waals surface area contributed by atoms with Gasteiger partial charge in [-0.25, -0.2) is 13.6 Å². The minimum absolute atomic E-state index is 0.0271. The zero-order chi connectivity index (χ0) is 13.6. The Morgan fingerprint density at radius 1 is 1.28 bits per heavy atom. The molecule has 0 atom stereocenters. The van der Waals surface area contributed by atoms with E-state index in [4.69, 9.17) is 5.14 Å². The Morgan fingerprint density at radius 2 is 1.83 bits per heavy atom. The number of aromatic nitrogens is 3. The standard InChI is InChI=1S/C11H20N4O2S/c1-8(2)15-9(11(3)6-4-5-7-11)13-14-10(15)18(12,16)17/h8H,4-7H2,1-3H3,(H2,12,16,17). The molecule has 1 saturated carbocycles. The van der Waals surface area contributed by atoms with Crippen LogP contribution in [-0.4, -0.2) is 23.2 Å². The Hall–Kier alpha value is -0.950. The molecule has 1 aliphatic carbocycles. The van der Waals surface area contributed by atoms with Crippen molar-refractivity contribution < 1.29 is 8.42 Å². The maximum absolute atomic E-state index is 11.5. The Balaban J connectivity index is 2.59. The number of rotatable bonds is 3. The fourth-order valence-corrected chi connectivity index (χ4v) is 3.45. The van der Waals surface area contributed by atoms with E-state index in [1.165, 1.54) is 0 Å². The van der Waals surface area contributed by atoms with Gasteiger partial charge in [0.2, 0.25) is 0 Å². The van der Waals surface area contributed by atoms with E-state index in [9.17, 15) is 8.42 Å². The molecule has 18 heavy (non-hydrogen) atoms. The average Bonchev–Trinajstić information content (AvgIpc) is 2.81. The van der Waals surface area contributed by atoms with Crippen molar-refractivity contribution in [2.24, 2.45) is 5.14 Å². The van der Waals surface area contributed by atoms with Gasteiger partial charge < -0.3 is 0 Å². The Bertz CT molecular complexity index is 541. The van der Waals surface area contributed by atoms with Crippen LogP contribution in [0.15, 0.2) is 5.16 Å². The Labute approximate surface area is 108 Å². The summed E-state index contributed by atoms with van der Waals surface area (Å²) in [7, 11) is -3.82. The van der Waals surface area contributed by atoms with Crippen molar-refractivity contribution in [2.75, 3.05) is 0 Å². The quantitative estimate of drug-likeness (QED) is 0.898. The van der Waals surface area contributed by atoms with Crippen molar-refractivity contribution in [2.45, 2.75) is 63.1 Å². The van der Waals surface area contributed by atoms with Crippen molar-refractivity contribution in [1.29, 1.82) is 0 Å². The fraction of sp³-hybridized carbons (Fsp3) is 0.818. The molecule has 6 nitrogen and oxygen atoms in total. The molecule has 2 N–H and O–H groups in total. The minimum Gasteiger partial charge on any atom is -0.298 e. The summed E-state index contributed by atoms with van der Waals surface area (Å²) < 4.78 is 24.8. The molecule has 1 heterocycles. The van der Waals surface area contributed by atoms with Crippen LogP contribution in [0, 0.1) is 0 Å². The second-order valence-corrected chi connectivity index (χ2v) is 7.04. The van der Waals surface area contributed by atoms with Gasteiger partial charge in [0.25, 0.3) is 15.2 Å². The fourth-order valence-electron chi connectivity index (χ4n) is 2.73. The Morgan fingerprint density at radius 3 is 2.28 bits per heavy atom. The number of primary sulfonamides is 1. The van der Waals surface area contributed by atoms with E-state index < -0.39 is 10.0 Å². The highest BCUT2D eigenvalue weighted by molar-refractivity contribution is 7.89. The van der Waals surface area contributed by atoms with Gasteiger partial charge in [-0.1, -0.05) is 19.8 Å². The maximum atomic E-state index is 11.5. The number of nitrogens with two attached hydrogens (primary N) is 1. The number of hydrogen-bond acceptors (Lipinski definition) is 4. The summed E-state index contributed by atoms with van der Waals surface area (Å²) in [5.41, 5.74) is -0.0831. The van der Waals surface area contributed by atoms with Crippen LogP contribution >= 0.6 is 0 Å². The molecule has 7 heteroatoms. The van der Waals surface area contributed by atoms with Crippen molar-refractivity contribution in [1.82, 2.24) is 14.8 Å². The Kier molecular flexibility index (Phi) is 3.23. The zero-order valence-electron chi connectivity index (χ0n) is 11.0. The van der Waals surface area contributed by atoms with E-state index in [-0.39, 0.29) is 16.6 Å². The van der Waals surface area contributed by atoms with Gasteiger partial charge in [-0.15, -0.1) is 10.2 Å². The summed E-state index contributed by atoms with van der Waals surface area (Å²) in [6.45, 7) is 5.95. The molecule has 1 fully saturated rings. The van der Waals surface area contributed by atoms with Gasteiger partial charge in [0.15, 0.2) is 0 Å². The largest absolute Gasteiger partial charge is 0.298 e. The molecule has 0 spiro atoms. The SMILES string of the molecule is CC(C)n1c(C2(C)CCCC2)nnc1S(N)(=O)=O. The van der Waals surface area contributed by atoms with Gasteiger partial charge in [-0.2, -0.15) is 0 Å². The molecule has 2 rings (SSSR count). The highest BCUT2D eigenvalue weighted by Crippen LogP contribution is 2.40. The summed E-state index contributed by atoms with van der Waals surface area (Å²) in [4.78, 5) is 0. The highest BCUT2D eigenvalue weighted by atomic mass is 32.2. The van der Waals surface area contributed by atoms with Gasteiger partial charge in [0.1, 0.15) is 5.82 Å². The summed E-state index contributed by atoms with van der Waals surface area (Å²) in [6, 6.07) is -0.0271. The first-order valence-electron chi connectivity index (χ1n) is 6.24. The van der Waals surface area contributed by atoms with Gasteiger partial charge in [0, 0.05) is 11.5 Å². The van der Waals surface area contributed by atoms with Gasteiger partial charge in [-0.05, 0) is 26.7 Å². The van der Waals surface area contributed by atoms with E-state index in [0.717, 1.165) is 31.5 Å². The molecule has 1 aromatic rings. The highest BCUT2D eigenvalue weighted by Gasteiger charge is 2.38. The van der Waals surface area contributed by atoms with E-state index in [0.29, 0.717) is 0 Å². The molecular formula is C11H20N4O2S. The third-order valence-electron chi connectivity index (χ3n) is 3.68. The van der Waals surface area contributed by atoms with E-state index in [1.807, 2.05) is 13.8 Å². The van der Waals surface area contributed by atoms with E-state index >= 15 is 0 Å². The molecule has 0 aliphatic heterocycles. The summed E-state index contributed by atoms with van der Waals surface area (Å²) >= 11 is 0. The lowest BCUT2D eigenvalue weighted by atomic mass is 9.87. The van der Waals surface area contributed by atoms with E-state index in [2.05, 4.69) is 17.1 Å². The lowest BCUT2D eigenvalue weighted by Gasteiger charge is -2.25. The van der Waals surface area contributed by atoms with Crippen molar-refractivity contribution >= 4 is 10.0 Å². The van der Waals surface area contributed by atoms with Crippen LogP contribution in [0.3, 0.4) is 0 Å². The second kappa shape index (κ2) is 4.31. The van der Waals surface area contributed by atoms with Crippen LogP contribution in [0.2, 0.25) is 0 Å². The molecule has 0 aromatic carbocycles. The molecule has 1 aromatic heterocycles. The first kappa shape index (κ1) is 13.5. The van der Waals surface area contributed by atoms with Crippen LogP contribution in [-0.2, 0) is 15.4 Å². The summed E-state index contributed by atoms with van der Waals surface area (Å²) in [5, 5.41) is 13.0. The first-order chi connectivity index (χ1) is 8.26. The number of hydrogen-bond donors (Lipinski definition) is 1. The molecule has 102 valence electrons. The second-order valence-electron chi connectivity index (χ2n) is 5.58. The van der Waals surface area contributed by atoms with Gasteiger partial charge >= 0.3 is 0 Å². The molecule has 0 amide bonds. The maximum Gasteiger partial charge on any atom is 0.273 e. The predicted molar refractivity (Wildman–Crippen MR) is 67.6 cm³/mol. The lowest BCUT2D eigenvalue weighted by Crippen LogP contribution is -2.27. The first-order valence-corrected chi connectivity index (χ1v) is 7.78. The topological polar surface area (TPSA) is 90.9 Å². The molecule has 0 radical (unpaired) electrons. The molecule has 0 saturated heterocycles. The van der Waals surface area contributed by atoms with Crippen LogP contribution in [0.25, 0.3) is 0 Å². The average molecular weight is 272 g/mol. The van der Waals surface area contributed by atoms with Crippen LogP contribution < -0.4 is 5.14 Å². The smallest absolute Gasteiger partial charge is 0.273 e. The molecule has 1 aliphatic rings. The molecular weight excluding hydrogens is 252 g/mol. The van der Waals surface area contributed by atoms with Crippen LogP contribution in [0.5, 0.6) is 0 Å². The third-order valence-corrected chi connectivity index (χ3v) is 4.47. The minimum atomic E-state index is -3.82. The molecule has 0 unspecified atom stereocenters. The predicted octanol–water partition coefficient (Wildman–Crippen LogP) is 1.34. The normalized spacial score (nSPS) is 19.6. The van der Waals surface area contributed by atoms with Crippen molar-refractivity contribution in [3.05, 3.63) is 5.82 Å². The van der Waals surface area contributed by atoms with Crippen molar-refractivity contribution in [3.63, 3.8) is 0 Å². The zero-order valence-corrected chi connectivity index (χ0v) is 11.9. The summed E-state index contributed by atoms with van der Waals surface area (Å²) in [6.07, 6.45) is 4.32. The van der Waals surface area contributed by atoms with Crippen LogP contribution in [0.4, 0.5) is 0 Å². The van der Waals surface area contributed by atoms with Crippen molar-refractivity contribution in [3.8, 4) is 0 Å². The number of sulfonamides is 1. The molecule has 0 bridgehead atoms. The lowest BCUT2D eigenvalue weighted by molar-refractivity contribution is 0.400. The summed E-state index contributed by atoms with van der Waals surface area (Å²) in [5.74, 6) is 0.749. The monoisotopic (exact) mass is 272 g/mol. The number of nitrogens with zero attached hydrogens (tertiary/aromatic N) is 3. The van der Waals surface area contributed by atoms with Crippen LogP contribution in [0.1, 0.15) is 58.3 Å². The van der Waals surface area contributed by atoms with E-state index in [1.54, 1.807) is 4.57 Å².